The van der Waals surface area contributed by atoms with Gasteiger partial charge in [-0.3, -0.25) is 4.79 Å². The van der Waals surface area contributed by atoms with Crippen molar-refractivity contribution in [3.63, 3.8) is 0 Å². The van der Waals surface area contributed by atoms with E-state index in [0.29, 0.717) is 19.4 Å². The van der Waals surface area contributed by atoms with E-state index in [0.717, 1.165) is 6.20 Å². The van der Waals surface area contributed by atoms with Gasteiger partial charge in [-0.2, -0.15) is 9.57 Å². The summed E-state index contributed by atoms with van der Waals surface area (Å²) in [4.78, 5) is 14.7. The topological polar surface area (TPSA) is 111 Å². The van der Waals surface area contributed by atoms with Crippen molar-refractivity contribution < 1.29 is 18.3 Å². The minimum atomic E-state index is -3.76. The average molecular weight is 295 g/mol. The monoisotopic (exact) mass is 295 g/mol. The number of hydrogen-bond donors (Lipinski definition) is 1. The van der Waals surface area contributed by atoms with Crippen LogP contribution in [-0.2, 0) is 14.8 Å². The van der Waals surface area contributed by atoms with Crippen molar-refractivity contribution in [3.05, 3.63) is 24.0 Å². The van der Waals surface area contributed by atoms with Crippen LogP contribution in [0.1, 0.15) is 18.5 Å². The van der Waals surface area contributed by atoms with E-state index < -0.39 is 21.9 Å². The number of piperidine rings is 1. The Kier molecular flexibility index (Phi) is 4.01. The lowest BCUT2D eigenvalue weighted by atomic mass is 10.0. The van der Waals surface area contributed by atoms with E-state index in [4.69, 9.17) is 10.4 Å². The highest BCUT2D eigenvalue weighted by atomic mass is 32.2. The first-order valence-corrected chi connectivity index (χ1v) is 7.48. The van der Waals surface area contributed by atoms with Crippen LogP contribution in [0, 0.1) is 17.2 Å². The minimum absolute atomic E-state index is 0.0254. The zero-order valence-electron chi connectivity index (χ0n) is 10.6. The Labute approximate surface area is 116 Å². The summed E-state index contributed by atoms with van der Waals surface area (Å²) in [7, 11) is -3.76. The first-order chi connectivity index (χ1) is 9.45. The third-order valence-corrected chi connectivity index (χ3v) is 5.07. The van der Waals surface area contributed by atoms with E-state index in [1.54, 1.807) is 0 Å². The van der Waals surface area contributed by atoms with E-state index in [1.807, 2.05) is 6.07 Å². The second kappa shape index (κ2) is 5.56. The fourth-order valence-electron chi connectivity index (χ4n) is 2.11. The molecule has 0 spiro atoms. The van der Waals surface area contributed by atoms with E-state index in [-0.39, 0.29) is 17.1 Å². The summed E-state index contributed by atoms with van der Waals surface area (Å²) in [5.41, 5.74) is 0.131. The number of rotatable bonds is 3. The molecule has 8 heteroatoms. The van der Waals surface area contributed by atoms with Crippen molar-refractivity contribution in [2.24, 2.45) is 5.92 Å². The second-order valence-electron chi connectivity index (χ2n) is 4.53. The van der Waals surface area contributed by atoms with Crippen LogP contribution in [0.15, 0.2) is 23.2 Å². The zero-order chi connectivity index (χ0) is 14.8. The fraction of sp³-hybridized carbons (Fsp3) is 0.417. The van der Waals surface area contributed by atoms with Gasteiger partial charge in [0.05, 0.1) is 5.92 Å². The number of aromatic nitrogens is 1. The molecule has 106 valence electrons. The summed E-state index contributed by atoms with van der Waals surface area (Å²) < 4.78 is 25.9. The van der Waals surface area contributed by atoms with Gasteiger partial charge < -0.3 is 5.11 Å². The third kappa shape index (κ3) is 2.79. The molecular formula is C12H13N3O4S. The SMILES string of the molecule is N#Cc1ccc(S(=O)(=O)N2CCC[C@H](C(=O)O)C2)cn1. The molecule has 20 heavy (non-hydrogen) atoms. The molecule has 1 atom stereocenters. The number of sulfonamides is 1. The van der Waals surface area contributed by atoms with Gasteiger partial charge in [-0.1, -0.05) is 0 Å². The molecule has 0 unspecified atom stereocenters. The van der Waals surface area contributed by atoms with E-state index in [9.17, 15) is 13.2 Å². The lowest BCUT2D eigenvalue weighted by Crippen LogP contribution is -2.42. The number of nitriles is 1. The maximum Gasteiger partial charge on any atom is 0.307 e. The molecule has 0 aromatic carbocycles. The number of carbonyl (C=O) groups is 1. The van der Waals surface area contributed by atoms with Gasteiger partial charge in [0.1, 0.15) is 16.7 Å². The Hall–Kier alpha value is -1.98. The van der Waals surface area contributed by atoms with Crippen LogP contribution in [0.3, 0.4) is 0 Å². The predicted octanol–water partition coefficient (Wildman–Crippen LogP) is 0.439. The molecule has 1 aliphatic rings. The maximum absolute atomic E-state index is 12.4. The van der Waals surface area contributed by atoms with Crippen molar-refractivity contribution in [1.29, 1.82) is 5.26 Å². The van der Waals surface area contributed by atoms with Crippen LogP contribution in [0.2, 0.25) is 0 Å². The number of aliphatic carboxylic acids is 1. The maximum atomic E-state index is 12.4. The van der Waals surface area contributed by atoms with Gasteiger partial charge in [-0.05, 0) is 25.0 Å². The molecule has 1 fully saturated rings. The Morgan fingerprint density at radius 1 is 1.50 bits per heavy atom. The molecule has 0 saturated carbocycles. The normalized spacial score (nSPS) is 20.2. The van der Waals surface area contributed by atoms with Gasteiger partial charge >= 0.3 is 5.97 Å². The fourth-order valence-corrected chi connectivity index (χ4v) is 3.58. The quantitative estimate of drug-likeness (QED) is 0.866. The Balaban J connectivity index is 2.25. The van der Waals surface area contributed by atoms with Crippen molar-refractivity contribution in [2.75, 3.05) is 13.1 Å². The van der Waals surface area contributed by atoms with Crippen molar-refractivity contribution in [2.45, 2.75) is 17.7 Å². The zero-order valence-corrected chi connectivity index (χ0v) is 11.4. The highest BCUT2D eigenvalue weighted by Crippen LogP contribution is 2.23. The average Bonchev–Trinajstić information content (AvgIpc) is 2.47. The molecule has 1 aromatic heterocycles. The molecule has 7 nitrogen and oxygen atoms in total. The highest BCUT2D eigenvalue weighted by molar-refractivity contribution is 7.89. The molecule has 0 aliphatic carbocycles. The molecule has 0 radical (unpaired) electrons. The molecule has 1 N–H and O–H groups in total. The molecule has 0 bridgehead atoms. The van der Waals surface area contributed by atoms with Crippen LogP contribution >= 0.6 is 0 Å². The molecule has 0 amide bonds. The highest BCUT2D eigenvalue weighted by Gasteiger charge is 2.33. The van der Waals surface area contributed by atoms with Crippen LogP contribution in [-0.4, -0.2) is 41.9 Å². The molecule has 2 heterocycles. The van der Waals surface area contributed by atoms with Crippen molar-refractivity contribution >= 4 is 16.0 Å². The lowest BCUT2D eigenvalue weighted by Gasteiger charge is -2.29. The van der Waals surface area contributed by atoms with E-state index in [2.05, 4.69) is 4.98 Å². The number of carboxylic acids is 1. The third-order valence-electron chi connectivity index (χ3n) is 3.22. The van der Waals surface area contributed by atoms with E-state index in [1.165, 1.54) is 16.4 Å². The Bertz CT molecular complexity index is 648. The number of nitrogens with zero attached hydrogens (tertiary/aromatic N) is 3. The summed E-state index contributed by atoms with van der Waals surface area (Å²) in [6.07, 6.45) is 2.12. The van der Waals surface area contributed by atoms with Crippen molar-refractivity contribution in [1.82, 2.24) is 9.29 Å². The van der Waals surface area contributed by atoms with E-state index >= 15 is 0 Å². The standard InChI is InChI=1S/C12H13N3O4S/c13-6-10-3-4-11(7-14-10)20(18,19)15-5-1-2-9(8-15)12(16)17/h3-4,7,9H,1-2,5,8H2,(H,16,17)/t9-/m0/s1. The van der Waals surface area contributed by atoms with Gasteiger partial charge in [0.25, 0.3) is 0 Å². The van der Waals surface area contributed by atoms with Crippen LogP contribution in [0.5, 0.6) is 0 Å². The van der Waals surface area contributed by atoms with Gasteiger partial charge in [-0.15, -0.1) is 0 Å². The number of carboxylic acid groups (broad SMARTS) is 1. The molecule has 1 aliphatic heterocycles. The lowest BCUT2D eigenvalue weighted by molar-refractivity contribution is -0.142. The number of hydrogen-bond acceptors (Lipinski definition) is 5. The smallest absolute Gasteiger partial charge is 0.307 e. The second-order valence-corrected chi connectivity index (χ2v) is 6.47. The Morgan fingerprint density at radius 3 is 2.80 bits per heavy atom. The van der Waals surface area contributed by atoms with Crippen LogP contribution in [0.4, 0.5) is 0 Å². The molecule has 1 saturated heterocycles. The molecule has 2 rings (SSSR count). The van der Waals surface area contributed by atoms with Gasteiger partial charge in [0.15, 0.2) is 0 Å². The van der Waals surface area contributed by atoms with Crippen LogP contribution in [0.25, 0.3) is 0 Å². The summed E-state index contributed by atoms with van der Waals surface area (Å²) in [5.74, 6) is -1.66. The molecule has 1 aromatic rings. The predicted molar refractivity (Wildman–Crippen MR) is 68.1 cm³/mol. The molecular weight excluding hydrogens is 282 g/mol. The summed E-state index contributed by atoms with van der Waals surface area (Å²) in [5, 5.41) is 17.6. The summed E-state index contributed by atoms with van der Waals surface area (Å²) in [6, 6.07) is 4.45. The summed E-state index contributed by atoms with van der Waals surface area (Å²) in [6.45, 7) is 0.268. The first-order valence-electron chi connectivity index (χ1n) is 6.04. The van der Waals surface area contributed by atoms with Crippen LogP contribution < -0.4 is 0 Å². The first kappa shape index (κ1) is 14.4. The van der Waals surface area contributed by atoms with Gasteiger partial charge in [-0.25, -0.2) is 13.4 Å². The largest absolute Gasteiger partial charge is 0.481 e. The summed E-state index contributed by atoms with van der Waals surface area (Å²) >= 11 is 0. The minimum Gasteiger partial charge on any atom is -0.481 e. The van der Waals surface area contributed by atoms with Gasteiger partial charge in [0, 0.05) is 19.3 Å². The Morgan fingerprint density at radius 2 is 2.25 bits per heavy atom. The number of pyridine rings is 1. The van der Waals surface area contributed by atoms with Gasteiger partial charge in [0.2, 0.25) is 10.0 Å². The van der Waals surface area contributed by atoms with Crippen molar-refractivity contribution in [3.8, 4) is 6.07 Å².